The van der Waals surface area contributed by atoms with E-state index in [1.54, 1.807) is 13.0 Å². The number of hydrogen-bond acceptors (Lipinski definition) is 2. The highest BCUT2D eigenvalue weighted by Crippen LogP contribution is 2.40. The average molecular weight is 440 g/mol. The number of halogens is 6. The Bertz CT molecular complexity index is 738. The van der Waals surface area contributed by atoms with Gasteiger partial charge in [-0.3, -0.25) is 0 Å². The molecule has 1 aromatic rings. The van der Waals surface area contributed by atoms with Crippen LogP contribution in [0.5, 0.6) is 0 Å². The van der Waals surface area contributed by atoms with Gasteiger partial charge in [0.2, 0.25) is 0 Å². The molecule has 1 fully saturated rings. The summed E-state index contributed by atoms with van der Waals surface area (Å²) in [7, 11) is 1.36. The number of thioether (sulfide) groups is 1. The summed E-state index contributed by atoms with van der Waals surface area (Å²) >= 11 is 0.678. The van der Waals surface area contributed by atoms with Gasteiger partial charge in [0.25, 0.3) is 0 Å². The van der Waals surface area contributed by atoms with Crippen molar-refractivity contribution in [3.63, 3.8) is 0 Å². The maximum absolute atomic E-state index is 12.9. The molecular formula is C20H26F6N2S. The summed E-state index contributed by atoms with van der Waals surface area (Å²) in [6.45, 7) is 4.60. The van der Waals surface area contributed by atoms with Crippen LogP contribution in [0.1, 0.15) is 50.2 Å². The van der Waals surface area contributed by atoms with Crippen LogP contribution in [0.15, 0.2) is 22.0 Å². The molecule has 29 heavy (non-hydrogen) atoms. The third-order valence-corrected chi connectivity index (χ3v) is 6.07. The van der Waals surface area contributed by atoms with Crippen LogP contribution in [-0.2, 0) is 0 Å². The highest BCUT2D eigenvalue weighted by Gasteiger charge is 2.36. The van der Waals surface area contributed by atoms with E-state index in [0.717, 1.165) is 29.7 Å². The third-order valence-electron chi connectivity index (χ3n) is 4.84. The summed E-state index contributed by atoms with van der Waals surface area (Å²) in [5, 5.41) is 0. The molecule has 0 bridgehead atoms. The van der Waals surface area contributed by atoms with Crippen molar-refractivity contribution in [2.75, 3.05) is 19.3 Å². The molecule has 0 heterocycles. The van der Waals surface area contributed by atoms with Crippen molar-refractivity contribution in [1.82, 2.24) is 4.90 Å². The lowest BCUT2D eigenvalue weighted by Gasteiger charge is -2.24. The Labute approximate surface area is 171 Å². The molecule has 0 aliphatic heterocycles. The van der Waals surface area contributed by atoms with Gasteiger partial charge in [-0.1, -0.05) is 19.9 Å². The van der Waals surface area contributed by atoms with Gasteiger partial charge in [0, 0.05) is 17.9 Å². The van der Waals surface area contributed by atoms with Crippen molar-refractivity contribution in [1.29, 1.82) is 0 Å². The normalized spacial score (nSPS) is 16.8. The molecule has 1 aliphatic carbocycles. The Morgan fingerprint density at radius 2 is 1.79 bits per heavy atom. The second kappa shape index (κ2) is 9.18. The molecule has 0 unspecified atom stereocenters. The molecule has 1 atom stereocenters. The Kier molecular flexibility index (Phi) is 7.57. The van der Waals surface area contributed by atoms with Crippen LogP contribution in [-0.4, -0.2) is 42.4 Å². The maximum Gasteiger partial charge on any atom is 0.405 e. The first-order valence-electron chi connectivity index (χ1n) is 9.51. The lowest BCUT2D eigenvalue weighted by Crippen LogP contribution is -2.36. The van der Waals surface area contributed by atoms with Crippen LogP contribution in [0.2, 0.25) is 0 Å². The van der Waals surface area contributed by atoms with E-state index < -0.39 is 24.7 Å². The van der Waals surface area contributed by atoms with Gasteiger partial charge in [-0.05, 0) is 49.3 Å². The first kappa shape index (κ1) is 23.9. The van der Waals surface area contributed by atoms with E-state index in [1.165, 1.54) is 7.05 Å². The van der Waals surface area contributed by atoms with Crippen molar-refractivity contribution in [2.45, 2.75) is 63.2 Å². The second-order valence-corrected chi connectivity index (χ2v) is 8.62. The van der Waals surface area contributed by atoms with Crippen LogP contribution in [0.3, 0.4) is 0 Å². The smallest absolute Gasteiger partial charge is 0.354 e. The van der Waals surface area contributed by atoms with Gasteiger partial charge in [-0.25, -0.2) is 4.99 Å². The lowest BCUT2D eigenvalue weighted by molar-refractivity contribution is -0.136. The van der Waals surface area contributed by atoms with Gasteiger partial charge < -0.3 is 4.90 Å². The van der Waals surface area contributed by atoms with Crippen molar-refractivity contribution in [3.05, 3.63) is 23.3 Å². The number of benzene rings is 1. The first-order chi connectivity index (χ1) is 13.3. The zero-order chi connectivity index (χ0) is 22.0. The summed E-state index contributed by atoms with van der Waals surface area (Å²) in [6, 6.07) is 3.41. The highest BCUT2D eigenvalue weighted by molar-refractivity contribution is 7.99. The molecular weight excluding hydrogens is 414 g/mol. The topological polar surface area (TPSA) is 15.6 Å². The fourth-order valence-electron chi connectivity index (χ4n) is 3.03. The fourth-order valence-corrected chi connectivity index (χ4v) is 3.83. The predicted molar refractivity (Wildman–Crippen MR) is 105 cm³/mol. The quantitative estimate of drug-likeness (QED) is 0.195. The van der Waals surface area contributed by atoms with Crippen LogP contribution < -0.4 is 0 Å². The van der Waals surface area contributed by atoms with Crippen LogP contribution >= 0.6 is 11.8 Å². The largest absolute Gasteiger partial charge is 0.405 e. The zero-order valence-electron chi connectivity index (χ0n) is 16.9. The van der Waals surface area contributed by atoms with Crippen molar-refractivity contribution in [2.24, 2.45) is 10.9 Å². The van der Waals surface area contributed by atoms with Crippen LogP contribution in [0.25, 0.3) is 0 Å². The van der Waals surface area contributed by atoms with Crippen LogP contribution in [0.4, 0.5) is 32.0 Å². The summed E-state index contributed by atoms with van der Waals surface area (Å²) in [5.74, 6) is -0.631. The number of amidine groups is 1. The number of hydrogen-bond donors (Lipinski definition) is 0. The fraction of sp³-hybridized carbons (Fsp3) is 0.650. The number of alkyl halides is 6. The monoisotopic (exact) mass is 440 g/mol. The highest BCUT2D eigenvalue weighted by atomic mass is 32.2. The minimum Gasteiger partial charge on any atom is -0.354 e. The number of aliphatic imine (C=N–C) groups is 1. The summed E-state index contributed by atoms with van der Waals surface area (Å²) in [6.07, 6.45) is -6.34. The molecule has 0 aromatic heterocycles. The molecule has 0 amide bonds. The van der Waals surface area contributed by atoms with Gasteiger partial charge in [0.15, 0.2) is 0 Å². The van der Waals surface area contributed by atoms with E-state index in [2.05, 4.69) is 4.99 Å². The van der Waals surface area contributed by atoms with E-state index in [-0.39, 0.29) is 11.8 Å². The van der Waals surface area contributed by atoms with Crippen molar-refractivity contribution >= 4 is 23.3 Å². The molecule has 9 heteroatoms. The number of rotatable bonds is 7. The number of aryl methyl sites for hydroxylation is 1. The van der Waals surface area contributed by atoms with E-state index in [0.29, 0.717) is 33.7 Å². The molecule has 1 aliphatic rings. The Morgan fingerprint density at radius 3 is 2.28 bits per heavy atom. The zero-order valence-corrected chi connectivity index (χ0v) is 17.7. The summed E-state index contributed by atoms with van der Waals surface area (Å²) < 4.78 is 76.6. The molecule has 0 N–H and O–H groups in total. The summed E-state index contributed by atoms with van der Waals surface area (Å²) in [5.41, 5.74) is 2.02. The molecule has 0 radical (unpaired) electrons. The Hall–Kier alpha value is -1.38. The van der Waals surface area contributed by atoms with Crippen molar-refractivity contribution < 1.29 is 26.3 Å². The van der Waals surface area contributed by atoms with Gasteiger partial charge in [-0.15, -0.1) is 11.8 Å². The second-order valence-electron chi connectivity index (χ2n) is 7.61. The molecule has 1 saturated carbocycles. The minimum atomic E-state index is -4.36. The molecule has 2 nitrogen and oxygen atoms in total. The third kappa shape index (κ3) is 7.42. The van der Waals surface area contributed by atoms with Gasteiger partial charge in [0.05, 0.1) is 11.4 Å². The number of nitrogens with zero attached hydrogens (tertiary/aromatic N) is 2. The average Bonchev–Trinajstić information content (AvgIpc) is 3.40. The summed E-state index contributed by atoms with van der Waals surface area (Å²) in [4.78, 5) is 6.13. The van der Waals surface area contributed by atoms with E-state index in [9.17, 15) is 26.3 Å². The standard InChI is InChI=1S/C20H26F6N2S/c1-5-12(2)15-8-13(3)17(29-11-20(24,25)26)9-16(15)27-18(14-6-7-14)28(4)10-19(21,22)23/h8-9,12,14H,5-7,10-11H2,1-4H3/b27-18-/t12-/m1/s1. The van der Waals surface area contributed by atoms with E-state index in [1.807, 2.05) is 19.9 Å². The van der Waals surface area contributed by atoms with Gasteiger partial charge in [0.1, 0.15) is 12.4 Å². The van der Waals surface area contributed by atoms with Gasteiger partial charge >= 0.3 is 12.4 Å². The molecule has 2 rings (SSSR count). The van der Waals surface area contributed by atoms with E-state index in [4.69, 9.17) is 0 Å². The Morgan fingerprint density at radius 1 is 1.17 bits per heavy atom. The van der Waals surface area contributed by atoms with Crippen molar-refractivity contribution in [3.8, 4) is 0 Å². The molecule has 0 spiro atoms. The SMILES string of the molecule is CC[C@@H](C)c1cc(C)c(SCC(F)(F)F)cc1/N=C(/C1CC1)N(C)CC(F)(F)F. The minimum absolute atomic E-state index is 0.0419. The molecule has 164 valence electrons. The van der Waals surface area contributed by atoms with Gasteiger partial charge in [-0.2, -0.15) is 26.3 Å². The predicted octanol–water partition coefficient (Wildman–Crippen LogP) is 7.10. The molecule has 1 aromatic carbocycles. The first-order valence-corrected chi connectivity index (χ1v) is 10.5. The molecule has 0 saturated heterocycles. The van der Waals surface area contributed by atoms with Crippen LogP contribution in [0, 0.1) is 12.8 Å². The van der Waals surface area contributed by atoms with E-state index >= 15 is 0 Å². The lowest BCUT2D eigenvalue weighted by atomic mass is 9.95. The maximum atomic E-state index is 12.9. The Balaban J connectivity index is 2.46.